The van der Waals surface area contributed by atoms with Gasteiger partial charge in [-0.2, -0.15) is 0 Å². The van der Waals surface area contributed by atoms with Gasteiger partial charge in [0.2, 0.25) is 0 Å². The molecule has 3 aromatic rings. The fourth-order valence-corrected chi connectivity index (χ4v) is 3.38. The molecule has 3 heterocycles. The van der Waals surface area contributed by atoms with E-state index in [9.17, 15) is 9.59 Å². The van der Waals surface area contributed by atoms with Gasteiger partial charge in [-0.1, -0.05) is 18.2 Å². The summed E-state index contributed by atoms with van der Waals surface area (Å²) in [6, 6.07) is 13.0. The van der Waals surface area contributed by atoms with Crippen LogP contribution in [0.3, 0.4) is 0 Å². The van der Waals surface area contributed by atoms with Gasteiger partial charge in [-0.3, -0.25) is 14.3 Å². The van der Waals surface area contributed by atoms with Crippen molar-refractivity contribution in [2.75, 3.05) is 37.6 Å². The van der Waals surface area contributed by atoms with Crippen LogP contribution in [0.1, 0.15) is 0 Å². The molecule has 2 aromatic heterocycles. The number of rotatable bonds is 4. The number of nitrogens with one attached hydrogen (secondary N) is 1. The van der Waals surface area contributed by atoms with Crippen LogP contribution in [0.2, 0.25) is 0 Å². The highest BCUT2D eigenvalue weighted by atomic mass is 16.2. The van der Waals surface area contributed by atoms with Crippen LogP contribution in [0.15, 0.2) is 58.3 Å². The third-order valence-electron chi connectivity index (χ3n) is 4.87. The molecule has 0 amide bonds. The molecule has 134 valence electrons. The number of hydrogen-bond donors (Lipinski definition) is 1. The Labute approximate surface area is 150 Å². The van der Waals surface area contributed by atoms with Gasteiger partial charge in [-0.05, 0) is 24.3 Å². The molecule has 0 atom stereocenters. The van der Waals surface area contributed by atoms with E-state index in [1.165, 1.54) is 4.57 Å². The van der Waals surface area contributed by atoms with Crippen LogP contribution in [0.5, 0.6) is 0 Å². The average molecular weight is 351 g/mol. The first-order chi connectivity index (χ1) is 12.7. The topological polar surface area (TPSA) is 74.2 Å². The molecule has 4 rings (SSSR count). The standard InChI is InChI=1S/C19H21N5O2/c25-18-15-5-1-2-6-16(15)21-19(26)24(18)14-11-22-9-12-23(13-10-22)17-7-3-4-8-20-17/h1-8H,9-14H2,(H,21,26). The fourth-order valence-electron chi connectivity index (χ4n) is 3.38. The second-order valence-corrected chi connectivity index (χ2v) is 6.45. The van der Waals surface area contributed by atoms with Gasteiger partial charge in [-0.25, -0.2) is 9.78 Å². The highest BCUT2D eigenvalue weighted by Gasteiger charge is 2.18. The molecule has 1 N–H and O–H groups in total. The second-order valence-electron chi connectivity index (χ2n) is 6.45. The number of fused-ring (bicyclic) bond motifs is 1. The molecule has 1 saturated heterocycles. The second kappa shape index (κ2) is 7.13. The Bertz CT molecular complexity index is 1000. The van der Waals surface area contributed by atoms with Gasteiger partial charge in [0, 0.05) is 45.5 Å². The Morgan fingerprint density at radius 3 is 2.46 bits per heavy atom. The minimum absolute atomic E-state index is 0.225. The molecule has 7 heteroatoms. The lowest BCUT2D eigenvalue weighted by Gasteiger charge is -2.35. The maximum Gasteiger partial charge on any atom is 0.328 e. The number of pyridine rings is 1. The maximum absolute atomic E-state index is 12.6. The van der Waals surface area contributed by atoms with Crippen LogP contribution < -0.4 is 16.1 Å². The molecule has 0 aliphatic carbocycles. The summed E-state index contributed by atoms with van der Waals surface area (Å²) in [6.07, 6.45) is 1.81. The van der Waals surface area contributed by atoms with E-state index in [0.717, 1.165) is 32.0 Å². The number of nitrogens with zero attached hydrogens (tertiary/aromatic N) is 4. The van der Waals surface area contributed by atoms with Gasteiger partial charge in [0.05, 0.1) is 10.9 Å². The van der Waals surface area contributed by atoms with E-state index in [1.807, 2.05) is 30.3 Å². The lowest BCUT2D eigenvalue weighted by atomic mass is 10.2. The smallest absolute Gasteiger partial charge is 0.328 e. The summed E-state index contributed by atoms with van der Waals surface area (Å²) < 4.78 is 1.30. The highest BCUT2D eigenvalue weighted by Crippen LogP contribution is 2.12. The molecule has 0 unspecified atom stereocenters. The summed E-state index contributed by atoms with van der Waals surface area (Å²) >= 11 is 0. The first kappa shape index (κ1) is 16.5. The Balaban J connectivity index is 1.42. The van der Waals surface area contributed by atoms with Crippen molar-refractivity contribution in [3.63, 3.8) is 0 Å². The number of hydrogen-bond acceptors (Lipinski definition) is 5. The van der Waals surface area contributed by atoms with Crippen LogP contribution >= 0.6 is 0 Å². The minimum atomic E-state index is -0.346. The van der Waals surface area contributed by atoms with Crippen molar-refractivity contribution in [2.45, 2.75) is 6.54 Å². The minimum Gasteiger partial charge on any atom is -0.354 e. The molecule has 7 nitrogen and oxygen atoms in total. The first-order valence-corrected chi connectivity index (χ1v) is 8.82. The number of piperazine rings is 1. The molecule has 26 heavy (non-hydrogen) atoms. The number of benzene rings is 1. The predicted molar refractivity (Wildman–Crippen MR) is 102 cm³/mol. The molecular weight excluding hydrogens is 330 g/mol. The molecule has 1 aliphatic heterocycles. The number of anilines is 1. The zero-order valence-corrected chi connectivity index (χ0v) is 14.5. The molecule has 1 aliphatic rings. The van der Waals surface area contributed by atoms with E-state index in [4.69, 9.17) is 0 Å². The summed E-state index contributed by atoms with van der Waals surface area (Å²) in [6.45, 7) is 4.62. The quantitative estimate of drug-likeness (QED) is 0.756. The monoisotopic (exact) mass is 351 g/mol. The fraction of sp³-hybridized carbons (Fsp3) is 0.316. The van der Waals surface area contributed by atoms with Crippen LogP contribution in [-0.2, 0) is 6.54 Å². The Hall–Kier alpha value is -2.93. The van der Waals surface area contributed by atoms with Gasteiger partial charge < -0.3 is 9.88 Å². The van der Waals surface area contributed by atoms with Gasteiger partial charge >= 0.3 is 5.69 Å². The van der Waals surface area contributed by atoms with E-state index in [1.54, 1.807) is 18.3 Å². The van der Waals surface area contributed by atoms with Crippen molar-refractivity contribution < 1.29 is 0 Å². The van der Waals surface area contributed by atoms with Gasteiger partial charge in [0.25, 0.3) is 5.56 Å². The molecule has 1 fully saturated rings. The first-order valence-electron chi connectivity index (χ1n) is 8.82. The van der Waals surface area contributed by atoms with Crippen LogP contribution in [0.25, 0.3) is 10.9 Å². The molecule has 0 saturated carbocycles. The Morgan fingerprint density at radius 2 is 1.69 bits per heavy atom. The van der Waals surface area contributed by atoms with Crippen molar-refractivity contribution in [2.24, 2.45) is 0 Å². The van der Waals surface area contributed by atoms with Crippen molar-refractivity contribution in [3.8, 4) is 0 Å². The van der Waals surface area contributed by atoms with Crippen LogP contribution in [0.4, 0.5) is 5.82 Å². The lowest BCUT2D eigenvalue weighted by Crippen LogP contribution is -2.48. The summed E-state index contributed by atoms with van der Waals surface area (Å²) in [4.78, 5) is 36.5. The number of aromatic amines is 1. The Morgan fingerprint density at radius 1 is 0.923 bits per heavy atom. The number of para-hydroxylation sites is 1. The third kappa shape index (κ3) is 3.25. The third-order valence-corrected chi connectivity index (χ3v) is 4.87. The normalized spacial score (nSPS) is 15.5. The van der Waals surface area contributed by atoms with Crippen LogP contribution in [0, 0.1) is 0 Å². The highest BCUT2D eigenvalue weighted by molar-refractivity contribution is 5.76. The van der Waals surface area contributed by atoms with E-state index in [-0.39, 0.29) is 11.2 Å². The SMILES string of the molecule is O=c1[nH]c2ccccc2c(=O)n1CCN1CCN(c2ccccn2)CC1. The van der Waals surface area contributed by atoms with Crippen molar-refractivity contribution in [3.05, 3.63) is 69.5 Å². The van der Waals surface area contributed by atoms with Gasteiger partial charge in [-0.15, -0.1) is 0 Å². The summed E-state index contributed by atoms with van der Waals surface area (Å²) in [5, 5.41) is 0.548. The summed E-state index contributed by atoms with van der Waals surface area (Å²) in [5.74, 6) is 0.995. The Kier molecular flexibility index (Phi) is 4.53. The molecule has 0 spiro atoms. The van der Waals surface area contributed by atoms with Gasteiger partial charge in [0.1, 0.15) is 5.82 Å². The van der Waals surface area contributed by atoms with E-state index >= 15 is 0 Å². The zero-order chi connectivity index (χ0) is 17.9. The maximum atomic E-state index is 12.6. The van der Waals surface area contributed by atoms with Gasteiger partial charge in [0.15, 0.2) is 0 Å². The van der Waals surface area contributed by atoms with E-state index < -0.39 is 0 Å². The van der Waals surface area contributed by atoms with Crippen molar-refractivity contribution in [1.82, 2.24) is 19.4 Å². The van der Waals surface area contributed by atoms with Crippen molar-refractivity contribution >= 4 is 16.7 Å². The zero-order valence-electron chi connectivity index (χ0n) is 14.5. The summed E-state index contributed by atoms with van der Waals surface area (Å²) in [5.41, 5.74) is 0.0139. The van der Waals surface area contributed by atoms with Crippen LogP contribution in [-0.4, -0.2) is 52.2 Å². The summed E-state index contributed by atoms with van der Waals surface area (Å²) in [7, 11) is 0. The molecule has 0 bridgehead atoms. The predicted octanol–water partition coefficient (Wildman–Crippen LogP) is 0.907. The van der Waals surface area contributed by atoms with Crippen molar-refractivity contribution in [1.29, 1.82) is 0 Å². The molecular formula is C19H21N5O2. The lowest BCUT2D eigenvalue weighted by molar-refractivity contribution is 0.245. The average Bonchev–Trinajstić information content (AvgIpc) is 2.69. The van der Waals surface area contributed by atoms with E-state index in [2.05, 4.69) is 19.8 Å². The number of aromatic nitrogens is 3. The largest absolute Gasteiger partial charge is 0.354 e. The van der Waals surface area contributed by atoms with E-state index in [0.29, 0.717) is 24.0 Å². The number of H-pyrrole nitrogens is 1. The molecule has 0 radical (unpaired) electrons. The molecule has 1 aromatic carbocycles.